The topological polar surface area (TPSA) is 79.3 Å². The van der Waals surface area contributed by atoms with E-state index in [1.54, 1.807) is 36.4 Å². The maximum Gasteiger partial charge on any atom is 0.261 e. The van der Waals surface area contributed by atoms with Crippen molar-refractivity contribution in [3.8, 4) is 11.3 Å². The lowest BCUT2D eigenvalue weighted by Crippen LogP contribution is -2.22. The van der Waals surface area contributed by atoms with Crippen LogP contribution in [0.2, 0.25) is 5.02 Å². The van der Waals surface area contributed by atoms with Gasteiger partial charge in [-0.2, -0.15) is 0 Å². The summed E-state index contributed by atoms with van der Waals surface area (Å²) in [5.74, 6) is -0.378. The van der Waals surface area contributed by atoms with Gasteiger partial charge < -0.3 is 18.7 Å². The van der Waals surface area contributed by atoms with Gasteiger partial charge in [0.2, 0.25) is 0 Å². The second-order valence-corrected chi connectivity index (χ2v) is 7.44. The average molecular weight is 411 g/mol. The Morgan fingerprint density at radius 3 is 2.75 bits per heavy atom. The molecule has 0 saturated carbocycles. The molecule has 0 radical (unpaired) electrons. The molecule has 2 aromatic carbocycles. The molecule has 0 fully saturated rings. The normalized spacial score (nSPS) is 11.9. The zero-order valence-corrected chi connectivity index (χ0v) is 16.2. The summed E-state index contributed by atoms with van der Waals surface area (Å²) in [6.07, 6.45) is 1.39. The van der Waals surface area contributed by atoms with E-state index in [1.165, 1.54) is 6.08 Å². The smallest absolute Gasteiger partial charge is 0.261 e. The van der Waals surface area contributed by atoms with Crippen molar-refractivity contribution in [2.75, 3.05) is 0 Å². The quantitative estimate of drug-likeness (QED) is 0.342. The van der Waals surface area contributed by atoms with Gasteiger partial charge in [-0.25, -0.2) is 4.98 Å². The van der Waals surface area contributed by atoms with Gasteiger partial charge in [0.15, 0.2) is 5.58 Å². The van der Waals surface area contributed by atoms with E-state index in [4.69, 9.17) is 20.4 Å². The second kappa shape index (κ2) is 7.58. The number of carbonyl (C=O) groups excluding carboxylic acids is 1. The minimum absolute atomic E-state index is 0.0738. The lowest BCUT2D eigenvalue weighted by molar-refractivity contribution is -0.298. The second-order valence-electron chi connectivity index (χ2n) is 6.01. The summed E-state index contributed by atoms with van der Waals surface area (Å²) >= 11 is 6.93. The van der Waals surface area contributed by atoms with Crippen molar-refractivity contribution < 1.29 is 18.7 Å². The van der Waals surface area contributed by atoms with E-state index in [2.05, 4.69) is 4.98 Å². The Kier molecular flexibility index (Phi) is 4.98. The predicted octanol–water partition coefficient (Wildman–Crippen LogP) is 4.93. The maximum atomic E-state index is 11.6. The molecule has 0 bridgehead atoms. The molecule has 0 aliphatic heterocycles. The van der Waals surface area contributed by atoms with Crippen molar-refractivity contribution in [2.45, 2.75) is 12.1 Å². The molecule has 0 amide bonds. The third kappa shape index (κ3) is 3.83. The van der Waals surface area contributed by atoms with Crippen LogP contribution in [0.15, 0.2) is 73.6 Å². The van der Waals surface area contributed by atoms with Crippen molar-refractivity contribution in [3.63, 3.8) is 0 Å². The Morgan fingerprint density at radius 1 is 1.14 bits per heavy atom. The number of hydrogen-bond acceptors (Lipinski definition) is 6. The Bertz CT molecular complexity index is 1180. The number of benzene rings is 2. The van der Waals surface area contributed by atoms with Crippen LogP contribution in [-0.2, 0) is 4.79 Å². The van der Waals surface area contributed by atoms with Gasteiger partial charge in [0.05, 0.1) is 5.97 Å². The van der Waals surface area contributed by atoms with Crippen LogP contribution < -0.4 is 5.11 Å². The molecule has 28 heavy (non-hydrogen) atoms. The summed E-state index contributed by atoms with van der Waals surface area (Å²) in [5.41, 5.74) is 3.07. The van der Waals surface area contributed by atoms with E-state index in [0.717, 1.165) is 22.9 Å². The molecule has 2 aromatic heterocycles. The molecule has 0 aliphatic rings. The van der Waals surface area contributed by atoms with Crippen molar-refractivity contribution in [3.05, 3.63) is 75.8 Å². The molecule has 5 nitrogen and oxygen atoms in total. The molecule has 140 valence electrons. The first-order valence-electron chi connectivity index (χ1n) is 8.32. The molecule has 0 saturated heterocycles. The fraction of sp³-hybridized carbons (Fsp3) is 0.0476. The predicted molar refractivity (Wildman–Crippen MR) is 107 cm³/mol. The number of halogens is 1. The van der Waals surface area contributed by atoms with Gasteiger partial charge in [-0.05, 0) is 66.7 Å². The Balaban J connectivity index is 1.64. The van der Waals surface area contributed by atoms with Crippen molar-refractivity contribution in [1.29, 1.82) is 0 Å². The molecule has 4 rings (SSSR count). The highest BCUT2D eigenvalue weighted by Crippen LogP contribution is 2.32. The molecular weight excluding hydrogens is 398 g/mol. The fourth-order valence-electron chi connectivity index (χ4n) is 2.68. The zero-order valence-electron chi connectivity index (χ0n) is 14.6. The lowest BCUT2D eigenvalue weighted by Gasteiger charge is -2.05. The molecule has 0 spiro atoms. The summed E-state index contributed by atoms with van der Waals surface area (Å²) in [6.45, 7) is 1.94. The number of carboxylic acids is 1. The first-order chi connectivity index (χ1) is 13.5. The number of aliphatic carboxylic acids is 1. The van der Waals surface area contributed by atoms with Crippen LogP contribution in [0.4, 0.5) is 0 Å². The van der Waals surface area contributed by atoms with Crippen LogP contribution in [0.5, 0.6) is 0 Å². The number of rotatable bonds is 5. The summed E-state index contributed by atoms with van der Waals surface area (Å²) in [5, 5.41) is 12.4. The number of thioether (sulfide) groups is 1. The summed E-state index contributed by atoms with van der Waals surface area (Å²) < 4.78 is 11.4. The third-order valence-corrected chi connectivity index (χ3v) is 5.13. The Labute approximate surface area is 169 Å². The van der Waals surface area contributed by atoms with Crippen LogP contribution in [0.1, 0.15) is 11.3 Å². The van der Waals surface area contributed by atoms with Crippen LogP contribution in [0.25, 0.3) is 28.5 Å². The number of aryl methyl sites for hydroxylation is 1. The van der Waals surface area contributed by atoms with E-state index in [1.807, 2.05) is 25.1 Å². The van der Waals surface area contributed by atoms with Gasteiger partial charge in [0.25, 0.3) is 5.22 Å². The minimum atomic E-state index is -1.34. The SMILES string of the molecule is Cc1ccc(Cl)cc1-c1ccc(/C=C(/Sc2nc3ccccc3o2)C(=O)[O-])o1. The number of carbonyl (C=O) groups is 1. The number of furan rings is 1. The van der Waals surface area contributed by atoms with E-state index in [-0.39, 0.29) is 10.1 Å². The van der Waals surface area contributed by atoms with Gasteiger partial charge in [-0.3, -0.25) is 0 Å². The average Bonchev–Trinajstić information content (AvgIpc) is 3.29. The van der Waals surface area contributed by atoms with E-state index < -0.39 is 5.97 Å². The Hall–Kier alpha value is -2.96. The molecule has 0 atom stereocenters. The monoisotopic (exact) mass is 410 g/mol. The number of para-hydroxylation sites is 2. The van der Waals surface area contributed by atoms with Gasteiger partial charge in [0.1, 0.15) is 17.0 Å². The summed E-state index contributed by atoms with van der Waals surface area (Å²) in [4.78, 5) is 15.8. The Morgan fingerprint density at radius 2 is 1.96 bits per heavy atom. The lowest BCUT2D eigenvalue weighted by atomic mass is 10.1. The highest BCUT2D eigenvalue weighted by Gasteiger charge is 2.12. The highest BCUT2D eigenvalue weighted by molar-refractivity contribution is 8.03. The van der Waals surface area contributed by atoms with Crippen molar-refractivity contribution >= 4 is 46.5 Å². The van der Waals surface area contributed by atoms with Gasteiger partial charge in [-0.1, -0.05) is 29.8 Å². The van der Waals surface area contributed by atoms with E-state index in [0.29, 0.717) is 27.6 Å². The molecule has 0 N–H and O–H groups in total. The van der Waals surface area contributed by atoms with Crippen LogP contribution in [-0.4, -0.2) is 11.0 Å². The molecule has 0 unspecified atom stereocenters. The minimum Gasteiger partial charge on any atom is -0.544 e. The zero-order chi connectivity index (χ0) is 19.7. The number of carboxylic acid groups (broad SMARTS) is 1. The fourth-order valence-corrected chi connectivity index (χ4v) is 3.58. The molecule has 2 heterocycles. The van der Waals surface area contributed by atoms with Crippen LogP contribution >= 0.6 is 23.4 Å². The van der Waals surface area contributed by atoms with Crippen molar-refractivity contribution in [1.82, 2.24) is 4.98 Å². The van der Waals surface area contributed by atoms with Crippen LogP contribution in [0.3, 0.4) is 0 Å². The molecule has 0 aliphatic carbocycles. The summed E-state index contributed by atoms with van der Waals surface area (Å²) in [7, 11) is 0. The first-order valence-corrected chi connectivity index (χ1v) is 9.52. The number of fused-ring (bicyclic) bond motifs is 1. The number of oxazole rings is 1. The van der Waals surface area contributed by atoms with Gasteiger partial charge in [0, 0.05) is 15.5 Å². The molecule has 4 aromatic rings. The van der Waals surface area contributed by atoms with Gasteiger partial charge in [-0.15, -0.1) is 0 Å². The van der Waals surface area contributed by atoms with E-state index >= 15 is 0 Å². The standard InChI is InChI=1S/C21H14ClNO4S/c1-12-6-7-13(22)10-15(12)17-9-8-14(26-17)11-19(20(24)25)28-21-23-16-4-2-3-5-18(16)27-21/h2-11H,1H3,(H,24,25)/p-1/b19-11+. The number of nitrogens with zero attached hydrogens (tertiary/aromatic N) is 1. The van der Waals surface area contributed by atoms with Gasteiger partial charge >= 0.3 is 0 Å². The summed E-state index contributed by atoms with van der Waals surface area (Å²) in [6, 6.07) is 16.2. The maximum absolute atomic E-state index is 11.6. The molecule has 7 heteroatoms. The first kappa shape index (κ1) is 18.4. The largest absolute Gasteiger partial charge is 0.544 e. The number of hydrogen-bond donors (Lipinski definition) is 0. The van der Waals surface area contributed by atoms with E-state index in [9.17, 15) is 9.90 Å². The highest BCUT2D eigenvalue weighted by atomic mass is 35.5. The number of aromatic nitrogens is 1. The van der Waals surface area contributed by atoms with Crippen molar-refractivity contribution in [2.24, 2.45) is 0 Å². The molecular formula is C21H13ClNO4S-. The third-order valence-electron chi connectivity index (χ3n) is 4.04. The van der Waals surface area contributed by atoms with Crippen LogP contribution in [0, 0.1) is 6.92 Å².